The molecule has 2 fully saturated rings. The van der Waals surface area contributed by atoms with Crippen LogP contribution in [0.5, 0.6) is 5.88 Å². The first kappa shape index (κ1) is 28.0. The molecule has 1 aromatic heterocycles. The topological polar surface area (TPSA) is 185 Å². The number of pyridine rings is 1. The summed E-state index contributed by atoms with van der Waals surface area (Å²) >= 11 is 6.26. The number of carboxylic acid groups (broad SMARTS) is 1. The third kappa shape index (κ3) is 6.33. The zero-order chi connectivity index (χ0) is 27.4. The minimum absolute atomic E-state index is 0.109. The maximum Gasteiger partial charge on any atom is 0.345 e. The summed E-state index contributed by atoms with van der Waals surface area (Å²) in [4.78, 5) is 42.7. The van der Waals surface area contributed by atoms with Crippen molar-refractivity contribution in [3.63, 3.8) is 0 Å². The Morgan fingerprint density at radius 1 is 1.16 bits per heavy atom. The Kier molecular flexibility index (Phi) is 9.00. The number of fused-ring (bicyclic) bond motifs is 1. The molecule has 0 saturated carbocycles. The molecule has 2 aromatic rings. The molecule has 2 unspecified atom stereocenters. The summed E-state index contributed by atoms with van der Waals surface area (Å²) in [5, 5.41) is 31.3. The fourth-order valence-corrected chi connectivity index (χ4v) is 5.04. The Balaban J connectivity index is 1.44. The van der Waals surface area contributed by atoms with Crippen molar-refractivity contribution < 1.29 is 39.2 Å². The molecule has 12 nitrogen and oxygen atoms in total. The fourth-order valence-electron chi connectivity index (χ4n) is 4.83. The highest BCUT2D eigenvalue weighted by atomic mass is 35.5. The summed E-state index contributed by atoms with van der Waals surface area (Å²) in [6.45, 7) is 4.02. The average molecular weight is 551 g/mol. The number of aliphatic carboxylic acids is 1. The van der Waals surface area contributed by atoms with E-state index >= 15 is 0 Å². The Bertz CT molecular complexity index is 1200. The van der Waals surface area contributed by atoms with E-state index in [4.69, 9.17) is 31.9 Å². The number of carboxylic acids is 1. The van der Waals surface area contributed by atoms with Gasteiger partial charge in [-0.3, -0.25) is 4.79 Å². The van der Waals surface area contributed by atoms with Gasteiger partial charge in [0.15, 0.2) is 12.2 Å². The summed E-state index contributed by atoms with van der Waals surface area (Å²) in [5.74, 6) is -3.66. The van der Waals surface area contributed by atoms with Crippen molar-refractivity contribution in [3.8, 4) is 5.88 Å². The van der Waals surface area contributed by atoms with Crippen molar-refractivity contribution in [2.24, 2.45) is 5.92 Å². The number of ether oxygens (including phenoxy) is 2. The second-order valence-electron chi connectivity index (χ2n) is 9.55. The standard InChI is InChI=1S/C25H31ClN4O8/c26-17-11-16(23(33)28-12-13-3-7-30(8-4-13)14-5-9-37-10-6-14)20-15(19(17)27)1-2-18(29-20)38-25(36)22(32)21(31)24(34)35/h1-2,11,13-14,21-22,31-32H,3-10,12,27H2,(H,28,33)(H,34,35). The molecule has 38 heavy (non-hydrogen) atoms. The number of halogens is 1. The van der Waals surface area contributed by atoms with Gasteiger partial charge in [0.1, 0.15) is 0 Å². The SMILES string of the molecule is Nc1c(Cl)cc(C(=O)NCC2CCN(C3CCOCC3)CC2)c2nc(OC(=O)C(O)C(O)C(=O)O)ccc12. The molecule has 206 valence electrons. The second kappa shape index (κ2) is 12.2. The van der Waals surface area contributed by atoms with Gasteiger partial charge in [0.2, 0.25) is 5.88 Å². The molecule has 2 aliphatic heterocycles. The van der Waals surface area contributed by atoms with Gasteiger partial charge in [-0.05, 0) is 56.8 Å². The fraction of sp³-hybridized carbons (Fsp3) is 0.520. The number of aliphatic hydroxyl groups is 2. The first-order chi connectivity index (χ1) is 18.2. The number of benzene rings is 1. The number of hydrogen-bond acceptors (Lipinski definition) is 10. The number of piperidine rings is 1. The van der Waals surface area contributed by atoms with Crippen LogP contribution in [0.4, 0.5) is 5.69 Å². The number of anilines is 1. The number of amides is 1. The van der Waals surface area contributed by atoms with Crippen LogP contribution in [0.2, 0.25) is 5.02 Å². The number of nitrogens with zero attached hydrogens (tertiary/aromatic N) is 2. The van der Waals surface area contributed by atoms with Crippen molar-refractivity contribution in [2.75, 3.05) is 38.6 Å². The van der Waals surface area contributed by atoms with Gasteiger partial charge in [0, 0.05) is 37.3 Å². The number of aromatic nitrogens is 1. The predicted molar refractivity (Wildman–Crippen MR) is 137 cm³/mol. The number of esters is 1. The highest BCUT2D eigenvalue weighted by Crippen LogP contribution is 2.32. The molecule has 1 aromatic carbocycles. The van der Waals surface area contributed by atoms with Gasteiger partial charge in [0.25, 0.3) is 5.91 Å². The van der Waals surface area contributed by atoms with Crippen LogP contribution in [0.25, 0.3) is 10.9 Å². The lowest BCUT2D eigenvalue weighted by molar-refractivity contribution is -0.164. The van der Waals surface area contributed by atoms with E-state index in [-0.39, 0.29) is 27.7 Å². The minimum atomic E-state index is -2.37. The van der Waals surface area contributed by atoms with Crippen LogP contribution in [-0.2, 0) is 14.3 Å². The lowest BCUT2D eigenvalue weighted by Gasteiger charge is -2.39. The van der Waals surface area contributed by atoms with Gasteiger partial charge < -0.3 is 40.7 Å². The molecule has 4 rings (SSSR count). The maximum atomic E-state index is 13.2. The molecule has 2 saturated heterocycles. The van der Waals surface area contributed by atoms with E-state index < -0.39 is 30.1 Å². The van der Waals surface area contributed by atoms with Gasteiger partial charge in [-0.2, -0.15) is 0 Å². The monoisotopic (exact) mass is 550 g/mol. The first-order valence-corrected chi connectivity index (χ1v) is 12.8. The Labute approximate surface area is 223 Å². The zero-order valence-corrected chi connectivity index (χ0v) is 21.4. The van der Waals surface area contributed by atoms with E-state index in [1.807, 2.05) is 0 Å². The van der Waals surface area contributed by atoms with Gasteiger partial charge in [-0.1, -0.05) is 11.6 Å². The van der Waals surface area contributed by atoms with Crippen LogP contribution in [0, 0.1) is 5.92 Å². The quantitative estimate of drug-likeness (QED) is 0.231. The van der Waals surface area contributed by atoms with E-state index in [2.05, 4.69) is 15.2 Å². The third-order valence-electron chi connectivity index (χ3n) is 7.09. The average Bonchev–Trinajstić information content (AvgIpc) is 2.93. The van der Waals surface area contributed by atoms with E-state index in [0.717, 1.165) is 52.0 Å². The number of nitrogen functional groups attached to an aromatic ring is 1. The molecule has 1 amide bonds. The number of likely N-dealkylation sites (tertiary alicyclic amines) is 1. The molecule has 0 bridgehead atoms. The van der Waals surface area contributed by atoms with Crippen LogP contribution in [0.1, 0.15) is 36.0 Å². The lowest BCUT2D eigenvalue weighted by Crippen LogP contribution is -2.45. The van der Waals surface area contributed by atoms with Gasteiger partial charge in [-0.25, -0.2) is 14.6 Å². The van der Waals surface area contributed by atoms with Gasteiger partial charge in [0.05, 0.1) is 21.8 Å². The number of carbonyl (C=O) groups is 3. The van der Waals surface area contributed by atoms with Crippen molar-refractivity contribution in [3.05, 3.63) is 28.8 Å². The molecule has 6 N–H and O–H groups in total. The van der Waals surface area contributed by atoms with Crippen LogP contribution >= 0.6 is 11.6 Å². The molecule has 0 aliphatic carbocycles. The van der Waals surface area contributed by atoms with Gasteiger partial charge in [-0.15, -0.1) is 0 Å². The van der Waals surface area contributed by atoms with Crippen molar-refractivity contribution >= 4 is 46.0 Å². The Morgan fingerprint density at radius 2 is 1.84 bits per heavy atom. The summed E-state index contributed by atoms with van der Waals surface area (Å²) in [7, 11) is 0. The van der Waals surface area contributed by atoms with E-state index in [1.54, 1.807) is 0 Å². The highest BCUT2D eigenvalue weighted by molar-refractivity contribution is 6.35. The summed E-state index contributed by atoms with van der Waals surface area (Å²) < 4.78 is 10.4. The van der Waals surface area contributed by atoms with E-state index in [0.29, 0.717) is 23.9 Å². The van der Waals surface area contributed by atoms with E-state index in [1.165, 1.54) is 18.2 Å². The Hall–Kier alpha value is -3.03. The number of nitrogens with one attached hydrogen (secondary N) is 1. The Morgan fingerprint density at radius 3 is 2.50 bits per heavy atom. The smallest absolute Gasteiger partial charge is 0.345 e. The molecule has 2 atom stereocenters. The number of hydrogen-bond donors (Lipinski definition) is 5. The normalized spacial score (nSPS) is 19.1. The maximum absolute atomic E-state index is 13.2. The molecule has 13 heteroatoms. The van der Waals surface area contributed by atoms with Crippen LogP contribution < -0.4 is 15.8 Å². The van der Waals surface area contributed by atoms with Crippen molar-refractivity contribution in [1.29, 1.82) is 0 Å². The predicted octanol–water partition coefficient (Wildman–Crippen LogP) is 0.803. The molecule has 0 spiro atoms. The number of carbonyl (C=O) groups excluding carboxylic acids is 2. The second-order valence-corrected chi connectivity index (χ2v) is 9.95. The third-order valence-corrected chi connectivity index (χ3v) is 7.41. The lowest BCUT2D eigenvalue weighted by atomic mass is 9.94. The first-order valence-electron chi connectivity index (χ1n) is 12.4. The number of aliphatic hydroxyl groups excluding tert-OH is 2. The van der Waals surface area contributed by atoms with Crippen molar-refractivity contribution in [1.82, 2.24) is 15.2 Å². The minimum Gasteiger partial charge on any atom is -0.479 e. The molecule has 3 heterocycles. The highest BCUT2D eigenvalue weighted by Gasteiger charge is 2.32. The number of rotatable bonds is 8. The largest absolute Gasteiger partial charge is 0.479 e. The van der Waals surface area contributed by atoms with E-state index in [9.17, 15) is 24.6 Å². The summed E-state index contributed by atoms with van der Waals surface area (Å²) in [5.41, 5.74) is 6.46. The van der Waals surface area contributed by atoms with Crippen LogP contribution in [-0.4, -0.2) is 94.1 Å². The van der Waals surface area contributed by atoms with Crippen LogP contribution in [0.3, 0.4) is 0 Å². The summed E-state index contributed by atoms with van der Waals surface area (Å²) in [6, 6.07) is 4.63. The molecule has 2 aliphatic rings. The molecule has 0 radical (unpaired) electrons. The molecular formula is C25H31ClN4O8. The van der Waals surface area contributed by atoms with Gasteiger partial charge >= 0.3 is 11.9 Å². The number of nitrogens with two attached hydrogens (primary N) is 1. The molecular weight excluding hydrogens is 520 g/mol. The summed E-state index contributed by atoms with van der Waals surface area (Å²) in [6.07, 6.45) is -0.679. The van der Waals surface area contributed by atoms with Crippen molar-refractivity contribution in [2.45, 2.75) is 43.9 Å². The zero-order valence-electron chi connectivity index (χ0n) is 20.6. The van der Waals surface area contributed by atoms with Crippen LogP contribution in [0.15, 0.2) is 18.2 Å².